The molecule has 1 aliphatic carbocycles. The highest BCUT2D eigenvalue weighted by molar-refractivity contribution is 8.01. The van der Waals surface area contributed by atoms with Gasteiger partial charge in [-0.15, -0.1) is 11.8 Å². The summed E-state index contributed by atoms with van der Waals surface area (Å²) < 4.78 is 0. The van der Waals surface area contributed by atoms with Crippen LogP contribution in [-0.4, -0.2) is 17.0 Å². The summed E-state index contributed by atoms with van der Waals surface area (Å²) in [5.74, 6) is 0. The van der Waals surface area contributed by atoms with Crippen molar-refractivity contribution in [3.8, 4) is 0 Å². The molecule has 2 heteroatoms. The Hall–Kier alpha value is 0.0500. The minimum Gasteiger partial charge on any atom is -0.385 e. The third kappa shape index (κ3) is 7.74. The van der Waals surface area contributed by atoms with E-state index in [4.69, 9.17) is 0 Å². The van der Waals surface area contributed by atoms with Crippen molar-refractivity contribution in [3.63, 3.8) is 0 Å². The Balaban J connectivity index is 2.21. The molecule has 0 aromatic heterocycles. The minimum absolute atomic E-state index is 0.470. The van der Waals surface area contributed by atoms with E-state index in [1.807, 2.05) is 0 Å². The Labute approximate surface area is 137 Å². The van der Waals surface area contributed by atoms with Gasteiger partial charge in [-0.2, -0.15) is 0 Å². The molecule has 0 aromatic carbocycles. The van der Waals surface area contributed by atoms with Gasteiger partial charge in [0.1, 0.15) is 0 Å². The molecule has 1 nitrogen and oxygen atoms in total. The SMILES string of the molecule is CCCCCCCCCCC(=CSC)C1(O)CCCCC1. The van der Waals surface area contributed by atoms with Gasteiger partial charge in [0.2, 0.25) is 0 Å². The van der Waals surface area contributed by atoms with Gasteiger partial charge in [0.05, 0.1) is 5.60 Å². The lowest BCUT2D eigenvalue weighted by atomic mass is 9.78. The van der Waals surface area contributed by atoms with E-state index in [1.54, 1.807) is 11.8 Å². The molecular formula is C19H36OS. The number of aliphatic hydroxyl groups is 1. The average molecular weight is 313 g/mol. The molecule has 0 heterocycles. The molecule has 21 heavy (non-hydrogen) atoms. The van der Waals surface area contributed by atoms with Crippen LogP contribution in [-0.2, 0) is 0 Å². The van der Waals surface area contributed by atoms with E-state index in [0.717, 1.165) is 19.3 Å². The lowest BCUT2D eigenvalue weighted by Gasteiger charge is -2.34. The maximum absolute atomic E-state index is 10.9. The van der Waals surface area contributed by atoms with Gasteiger partial charge >= 0.3 is 0 Å². The van der Waals surface area contributed by atoms with Crippen molar-refractivity contribution in [2.75, 3.05) is 6.26 Å². The van der Waals surface area contributed by atoms with E-state index < -0.39 is 5.60 Å². The van der Waals surface area contributed by atoms with Crippen LogP contribution in [0, 0.1) is 0 Å². The Morgan fingerprint density at radius 1 is 0.952 bits per heavy atom. The number of thioether (sulfide) groups is 1. The fraction of sp³-hybridized carbons (Fsp3) is 0.895. The molecule has 0 aliphatic heterocycles. The predicted molar refractivity (Wildman–Crippen MR) is 96.9 cm³/mol. The third-order valence-electron chi connectivity index (χ3n) is 4.84. The van der Waals surface area contributed by atoms with Gasteiger partial charge in [-0.3, -0.25) is 0 Å². The van der Waals surface area contributed by atoms with Gasteiger partial charge < -0.3 is 5.11 Å². The summed E-state index contributed by atoms with van der Waals surface area (Å²) >= 11 is 1.76. The molecule has 1 rings (SSSR count). The van der Waals surface area contributed by atoms with E-state index in [1.165, 1.54) is 76.2 Å². The van der Waals surface area contributed by atoms with Crippen molar-refractivity contribution < 1.29 is 5.11 Å². The number of rotatable bonds is 11. The van der Waals surface area contributed by atoms with Gasteiger partial charge in [0.25, 0.3) is 0 Å². The molecule has 0 aromatic rings. The standard InChI is InChI=1S/C19H36OS/c1-3-4-5-6-7-8-9-11-14-18(17-21-2)19(20)15-12-10-13-16-19/h17,20H,3-16H2,1-2H3. The quantitative estimate of drug-likeness (QED) is 0.442. The summed E-state index contributed by atoms with van der Waals surface area (Å²) in [4.78, 5) is 0. The Bertz CT molecular complexity index is 279. The molecule has 0 saturated heterocycles. The first kappa shape index (κ1) is 19.1. The molecular weight excluding hydrogens is 276 g/mol. The topological polar surface area (TPSA) is 20.2 Å². The van der Waals surface area contributed by atoms with Gasteiger partial charge in [-0.05, 0) is 42.9 Å². The van der Waals surface area contributed by atoms with Crippen molar-refractivity contribution in [1.29, 1.82) is 0 Å². The van der Waals surface area contributed by atoms with Crippen LogP contribution >= 0.6 is 11.8 Å². The van der Waals surface area contributed by atoms with E-state index in [2.05, 4.69) is 18.6 Å². The summed E-state index contributed by atoms with van der Waals surface area (Å²) in [5.41, 5.74) is 0.850. The first-order chi connectivity index (χ1) is 10.2. The molecule has 0 spiro atoms. The fourth-order valence-electron chi connectivity index (χ4n) is 3.45. The zero-order valence-corrected chi connectivity index (χ0v) is 15.1. The number of unbranched alkanes of at least 4 members (excludes halogenated alkanes) is 7. The van der Waals surface area contributed by atoms with Crippen molar-refractivity contribution in [2.24, 2.45) is 0 Å². The normalized spacial score (nSPS) is 18.9. The third-order valence-corrected chi connectivity index (χ3v) is 5.36. The molecule has 0 radical (unpaired) electrons. The van der Waals surface area contributed by atoms with Crippen LogP contribution in [0.1, 0.15) is 96.8 Å². The molecule has 1 saturated carbocycles. The van der Waals surface area contributed by atoms with Crippen molar-refractivity contribution >= 4 is 11.8 Å². The van der Waals surface area contributed by atoms with Gasteiger partial charge in [-0.25, -0.2) is 0 Å². The molecule has 0 amide bonds. The molecule has 1 N–H and O–H groups in total. The smallest absolute Gasteiger partial charge is 0.0864 e. The first-order valence-electron chi connectivity index (χ1n) is 9.17. The Kier molecular flexibility index (Phi) is 10.5. The van der Waals surface area contributed by atoms with E-state index in [9.17, 15) is 5.11 Å². The zero-order chi connectivity index (χ0) is 15.4. The first-order valence-corrected chi connectivity index (χ1v) is 10.5. The summed E-state index contributed by atoms with van der Waals surface area (Å²) in [5, 5.41) is 13.1. The average Bonchev–Trinajstić information content (AvgIpc) is 2.49. The highest BCUT2D eigenvalue weighted by Gasteiger charge is 2.32. The number of hydrogen-bond acceptors (Lipinski definition) is 2. The minimum atomic E-state index is -0.470. The predicted octanol–water partition coefficient (Wildman–Crippen LogP) is 6.46. The van der Waals surface area contributed by atoms with Crippen LogP contribution in [0.25, 0.3) is 0 Å². The summed E-state index contributed by atoms with van der Waals surface area (Å²) in [6.07, 6.45) is 19.8. The van der Waals surface area contributed by atoms with Crippen LogP contribution in [0.2, 0.25) is 0 Å². The van der Waals surface area contributed by atoms with Crippen molar-refractivity contribution in [3.05, 3.63) is 11.0 Å². The van der Waals surface area contributed by atoms with E-state index >= 15 is 0 Å². The van der Waals surface area contributed by atoms with E-state index in [0.29, 0.717) is 0 Å². The van der Waals surface area contributed by atoms with Gasteiger partial charge in [0.15, 0.2) is 0 Å². The highest BCUT2D eigenvalue weighted by atomic mass is 32.2. The van der Waals surface area contributed by atoms with Crippen LogP contribution in [0.4, 0.5) is 0 Å². The maximum Gasteiger partial charge on any atom is 0.0864 e. The molecule has 0 bridgehead atoms. The lowest BCUT2D eigenvalue weighted by Crippen LogP contribution is -2.33. The molecule has 1 aliphatic rings. The molecule has 1 fully saturated rings. The zero-order valence-electron chi connectivity index (χ0n) is 14.3. The van der Waals surface area contributed by atoms with Crippen LogP contribution in [0.5, 0.6) is 0 Å². The highest BCUT2D eigenvalue weighted by Crippen LogP contribution is 2.37. The largest absolute Gasteiger partial charge is 0.385 e. The molecule has 124 valence electrons. The van der Waals surface area contributed by atoms with Crippen LogP contribution < -0.4 is 0 Å². The van der Waals surface area contributed by atoms with Gasteiger partial charge in [-0.1, -0.05) is 71.1 Å². The monoisotopic (exact) mass is 312 g/mol. The maximum atomic E-state index is 10.9. The summed E-state index contributed by atoms with van der Waals surface area (Å²) in [7, 11) is 0. The molecule has 0 atom stereocenters. The second-order valence-corrected chi connectivity index (χ2v) is 7.40. The Morgan fingerprint density at radius 2 is 1.52 bits per heavy atom. The van der Waals surface area contributed by atoms with Crippen molar-refractivity contribution in [2.45, 2.75) is 102 Å². The van der Waals surface area contributed by atoms with E-state index in [-0.39, 0.29) is 0 Å². The summed E-state index contributed by atoms with van der Waals surface area (Å²) in [6.45, 7) is 2.27. The van der Waals surface area contributed by atoms with Crippen LogP contribution in [0.3, 0.4) is 0 Å². The van der Waals surface area contributed by atoms with Crippen molar-refractivity contribution in [1.82, 2.24) is 0 Å². The lowest BCUT2D eigenvalue weighted by molar-refractivity contribution is 0.0364. The second kappa shape index (κ2) is 11.6. The second-order valence-electron chi connectivity index (χ2n) is 6.70. The number of hydrogen-bond donors (Lipinski definition) is 1. The van der Waals surface area contributed by atoms with Gasteiger partial charge in [0, 0.05) is 0 Å². The van der Waals surface area contributed by atoms with Crippen LogP contribution in [0.15, 0.2) is 11.0 Å². The fourth-order valence-corrected chi connectivity index (χ4v) is 4.07. The summed E-state index contributed by atoms with van der Waals surface area (Å²) in [6, 6.07) is 0. The Morgan fingerprint density at radius 3 is 2.10 bits per heavy atom. The molecule has 0 unspecified atom stereocenters.